The van der Waals surface area contributed by atoms with Crippen molar-refractivity contribution in [3.63, 3.8) is 0 Å². The number of thioether (sulfide) groups is 1. The van der Waals surface area contributed by atoms with Crippen LogP contribution in [0.4, 0.5) is 5.69 Å². The summed E-state index contributed by atoms with van der Waals surface area (Å²) in [4.78, 5) is 19.1. The molecule has 2 heterocycles. The molecule has 2 aromatic carbocycles. The van der Waals surface area contributed by atoms with Crippen LogP contribution in [0.1, 0.15) is 16.7 Å². The van der Waals surface area contributed by atoms with Crippen LogP contribution in [-0.2, 0) is 11.2 Å². The molecule has 0 fully saturated rings. The first-order chi connectivity index (χ1) is 12.6. The second kappa shape index (κ2) is 7.00. The number of carbonyl (C=O) groups excluding carboxylic acids is 1. The number of para-hydroxylation sites is 1. The van der Waals surface area contributed by atoms with Gasteiger partial charge in [-0.1, -0.05) is 42.1 Å². The lowest BCUT2D eigenvalue weighted by molar-refractivity contribution is -0.116. The van der Waals surface area contributed by atoms with Crippen LogP contribution >= 0.6 is 11.8 Å². The first-order valence-electron chi connectivity index (χ1n) is 8.76. The summed E-state index contributed by atoms with van der Waals surface area (Å²) in [6.45, 7) is 4.99. The van der Waals surface area contributed by atoms with Crippen molar-refractivity contribution in [3.05, 3.63) is 71.5 Å². The van der Waals surface area contributed by atoms with Gasteiger partial charge in [-0.15, -0.1) is 0 Å². The molecule has 3 aromatic rings. The van der Waals surface area contributed by atoms with E-state index in [0.717, 1.165) is 29.5 Å². The van der Waals surface area contributed by atoms with Crippen molar-refractivity contribution in [1.29, 1.82) is 0 Å². The maximum Gasteiger partial charge on any atom is 0.237 e. The molecule has 1 amide bonds. The van der Waals surface area contributed by atoms with Crippen LogP contribution in [0, 0.1) is 13.8 Å². The van der Waals surface area contributed by atoms with E-state index in [-0.39, 0.29) is 5.91 Å². The van der Waals surface area contributed by atoms with E-state index in [4.69, 9.17) is 0 Å². The smallest absolute Gasteiger partial charge is 0.237 e. The van der Waals surface area contributed by atoms with Gasteiger partial charge in [0.05, 0.1) is 11.4 Å². The summed E-state index contributed by atoms with van der Waals surface area (Å²) in [6.07, 6.45) is 4.68. The summed E-state index contributed by atoms with van der Waals surface area (Å²) >= 11 is 1.49. The molecule has 0 spiro atoms. The normalized spacial score (nSPS) is 13.1. The van der Waals surface area contributed by atoms with Crippen molar-refractivity contribution in [1.82, 2.24) is 9.55 Å². The average molecular weight is 363 g/mol. The predicted octanol–water partition coefficient (Wildman–Crippen LogP) is 4.17. The molecule has 0 bridgehead atoms. The molecule has 5 heteroatoms. The summed E-state index contributed by atoms with van der Waals surface area (Å²) in [5.74, 6) is 0.520. The van der Waals surface area contributed by atoms with Crippen molar-refractivity contribution in [2.24, 2.45) is 0 Å². The summed E-state index contributed by atoms with van der Waals surface area (Å²) in [6, 6.07) is 14.4. The molecule has 0 radical (unpaired) electrons. The number of hydrogen-bond donors (Lipinski definition) is 0. The number of benzene rings is 2. The molecule has 0 saturated heterocycles. The highest BCUT2D eigenvalue weighted by molar-refractivity contribution is 7.99. The van der Waals surface area contributed by atoms with Crippen LogP contribution in [0.3, 0.4) is 0 Å². The fraction of sp³-hybridized carbons (Fsp3) is 0.238. The largest absolute Gasteiger partial charge is 0.311 e. The highest BCUT2D eigenvalue weighted by atomic mass is 32.2. The molecular formula is C21H21N3OS. The Bertz CT molecular complexity index is 963. The minimum absolute atomic E-state index is 0.135. The Labute approximate surface area is 157 Å². The SMILES string of the molecule is Cc1cccc(-n2ccnc2SCC(=O)N2CCc3ccccc32)c1C. The van der Waals surface area contributed by atoms with E-state index in [1.165, 1.54) is 28.5 Å². The average Bonchev–Trinajstić information content (AvgIpc) is 3.29. The summed E-state index contributed by atoms with van der Waals surface area (Å²) in [5, 5.41) is 0.847. The van der Waals surface area contributed by atoms with E-state index in [1.54, 1.807) is 6.20 Å². The maximum atomic E-state index is 12.7. The Balaban J connectivity index is 1.51. The zero-order valence-corrected chi connectivity index (χ0v) is 15.8. The van der Waals surface area contributed by atoms with E-state index in [9.17, 15) is 4.79 Å². The molecule has 4 rings (SSSR count). The molecule has 0 aliphatic carbocycles. The highest BCUT2D eigenvalue weighted by Gasteiger charge is 2.24. The molecule has 132 valence electrons. The zero-order chi connectivity index (χ0) is 18.1. The number of fused-ring (bicyclic) bond motifs is 1. The number of carbonyl (C=O) groups is 1. The number of imidazole rings is 1. The van der Waals surface area contributed by atoms with Crippen LogP contribution in [0.5, 0.6) is 0 Å². The van der Waals surface area contributed by atoms with Crippen molar-refractivity contribution in [2.75, 3.05) is 17.2 Å². The number of aromatic nitrogens is 2. The molecule has 0 atom stereocenters. The third-order valence-electron chi connectivity index (χ3n) is 4.96. The minimum atomic E-state index is 0.135. The van der Waals surface area contributed by atoms with Crippen molar-refractivity contribution in [2.45, 2.75) is 25.4 Å². The quantitative estimate of drug-likeness (QED) is 0.653. The van der Waals surface area contributed by atoms with Gasteiger partial charge in [0.25, 0.3) is 0 Å². The third-order valence-corrected chi connectivity index (χ3v) is 5.91. The van der Waals surface area contributed by atoms with Crippen LogP contribution in [-0.4, -0.2) is 27.8 Å². The molecule has 1 aliphatic heterocycles. The van der Waals surface area contributed by atoms with Crippen LogP contribution in [0.15, 0.2) is 60.0 Å². The number of rotatable bonds is 4. The van der Waals surface area contributed by atoms with Gasteiger partial charge in [0, 0.05) is 24.6 Å². The zero-order valence-electron chi connectivity index (χ0n) is 15.0. The Morgan fingerprint density at radius 2 is 1.92 bits per heavy atom. The molecule has 4 nitrogen and oxygen atoms in total. The Kier molecular flexibility index (Phi) is 4.55. The maximum absolute atomic E-state index is 12.7. The van der Waals surface area contributed by atoms with Gasteiger partial charge in [-0.3, -0.25) is 9.36 Å². The number of anilines is 1. The van der Waals surface area contributed by atoms with E-state index in [0.29, 0.717) is 5.75 Å². The van der Waals surface area contributed by atoms with Gasteiger partial charge < -0.3 is 4.90 Å². The van der Waals surface area contributed by atoms with Gasteiger partial charge in [0.2, 0.25) is 5.91 Å². The number of amides is 1. The molecule has 0 unspecified atom stereocenters. The molecule has 1 aromatic heterocycles. The Morgan fingerprint density at radius 1 is 1.12 bits per heavy atom. The van der Waals surface area contributed by atoms with E-state index < -0.39 is 0 Å². The summed E-state index contributed by atoms with van der Waals surface area (Å²) < 4.78 is 2.07. The topological polar surface area (TPSA) is 38.1 Å². The van der Waals surface area contributed by atoms with Crippen LogP contribution < -0.4 is 4.90 Å². The molecule has 26 heavy (non-hydrogen) atoms. The van der Waals surface area contributed by atoms with Crippen molar-refractivity contribution < 1.29 is 4.79 Å². The van der Waals surface area contributed by atoms with Crippen LogP contribution in [0.2, 0.25) is 0 Å². The molecule has 0 N–H and O–H groups in total. The first-order valence-corrected chi connectivity index (χ1v) is 9.74. The van der Waals surface area contributed by atoms with Gasteiger partial charge in [-0.25, -0.2) is 4.98 Å². The molecule has 0 saturated carbocycles. The van der Waals surface area contributed by atoms with E-state index >= 15 is 0 Å². The fourth-order valence-corrected chi connectivity index (χ4v) is 4.22. The summed E-state index contributed by atoms with van der Waals surface area (Å²) in [7, 11) is 0. The first kappa shape index (κ1) is 16.9. The number of nitrogens with zero attached hydrogens (tertiary/aromatic N) is 3. The van der Waals surface area contributed by atoms with Gasteiger partial charge in [0.15, 0.2) is 5.16 Å². The third kappa shape index (κ3) is 3.03. The lowest BCUT2D eigenvalue weighted by Crippen LogP contribution is -2.30. The standard InChI is InChI=1S/C21H21N3OS/c1-15-6-5-9-18(16(15)2)24-13-11-22-21(24)26-14-20(25)23-12-10-17-7-3-4-8-19(17)23/h3-9,11,13H,10,12,14H2,1-2H3. The number of hydrogen-bond acceptors (Lipinski definition) is 3. The Morgan fingerprint density at radius 3 is 2.81 bits per heavy atom. The fourth-order valence-electron chi connectivity index (χ4n) is 3.38. The second-order valence-corrected chi connectivity index (χ2v) is 7.45. The van der Waals surface area contributed by atoms with Crippen LogP contribution in [0.25, 0.3) is 5.69 Å². The van der Waals surface area contributed by atoms with Crippen molar-refractivity contribution >= 4 is 23.4 Å². The van der Waals surface area contributed by atoms with Gasteiger partial charge in [-0.05, 0) is 49.1 Å². The van der Waals surface area contributed by atoms with E-state index in [1.807, 2.05) is 29.3 Å². The van der Waals surface area contributed by atoms with Gasteiger partial charge in [0.1, 0.15) is 0 Å². The summed E-state index contributed by atoms with van der Waals surface area (Å²) in [5.41, 5.74) is 5.90. The monoisotopic (exact) mass is 363 g/mol. The Hall–Kier alpha value is -2.53. The lowest BCUT2D eigenvalue weighted by atomic mass is 10.1. The number of aryl methyl sites for hydroxylation is 1. The molecular weight excluding hydrogens is 342 g/mol. The lowest BCUT2D eigenvalue weighted by Gasteiger charge is -2.17. The highest BCUT2D eigenvalue weighted by Crippen LogP contribution is 2.29. The minimum Gasteiger partial charge on any atom is -0.311 e. The van der Waals surface area contributed by atoms with Gasteiger partial charge in [-0.2, -0.15) is 0 Å². The molecule has 1 aliphatic rings. The van der Waals surface area contributed by atoms with Gasteiger partial charge >= 0.3 is 0 Å². The van der Waals surface area contributed by atoms with Crippen molar-refractivity contribution in [3.8, 4) is 5.69 Å². The predicted molar refractivity (Wildman–Crippen MR) is 106 cm³/mol. The van der Waals surface area contributed by atoms with E-state index in [2.05, 4.69) is 47.7 Å². The second-order valence-electron chi connectivity index (χ2n) is 6.51.